The van der Waals surface area contributed by atoms with Gasteiger partial charge in [-0.1, -0.05) is 19.1 Å². The van der Waals surface area contributed by atoms with Gasteiger partial charge in [-0.3, -0.25) is 4.79 Å². The predicted octanol–water partition coefficient (Wildman–Crippen LogP) is 1.87. The number of nitrogens with one attached hydrogen (secondary N) is 2. The van der Waals surface area contributed by atoms with E-state index >= 15 is 0 Å². The van der Waals surface area contributed by atoms with E-state index in [0.717, 1.165) is 6.08 Å². The fourth-order valence-corrected chi connectivity index (χ4v) is 4.98. The van der Waals surface area contributed by atoms with E-state index in [-0.39, 0.29) is 12.6 Å². The van der Waals surface area contributed by atoms with Crippen molar-refractivity contribution in [2.75, 3.05) is 31.1 Å². The molecule has 2 aliphatic heterocycles. The highest BCUT2D eigenvalue weighted by Gasteiger charge is 2.45. The van der Waals surface area contributed by atoms with Crippen LogP contribution >= 0.6 is 0 Å². The van der Waals surface area contributed by atoms with Gasteiger partial charge in [0.05, 0.1) is 11.5 Å². The molecule has 2 atom stereocenters. The van der Waals surface area contributed by atoms with Crippen LogP contribution in [0, 0.1) is 11.8 Å². The number of hydrogen-bond acceptors (Lipinski definition) is 6. The second-order valence-corrected chi connectivity index (χ2v) is 9.28. The number of rotatable bonds is 4. The van der Waals surface area contributed by atoms with Crippen LogP contribution in [-0.2, 0) is 4.79 Å². The van der Waals surface area contributed by atoms with Gasteiger partial charge >= 0.3 is 12.2 Å². The minimum absolute atomic E-state index is 0.181. The predicted molar refractivity (Wildman–Crippen MR) is 119 cm³/mol. The second kappa shape index (κ2) is 8.54. The summed E-state index contributed by atoms with van der Waals surface area (Å²) in [6.45, 7) is 2.93. The smallest absolute Gasteiger partial charge is 0.341 e. The van der Waals surface area contributed by atoms with Gasteiger partial charge < -0.3 is 20.4 Å². The van der Waals surface area contributed by atoms with Crippen molar-refractivity contribution in [3.8, 4) is 0 Å². The first kappa shape index (κ1) is 23.1. The summed E-state index contributed by atoms with van der Waals surface area (Å²) in [5.41, 5.74) is 0.552. The number of aromatic nitrogens is 4. The van der Waals surface area contributed by atoms with Gasteiger partial charge in [-0.25, -0.2) is 14.8 Å². The number of piperidine rings is 1. The van der Waals surface area contributed by atoms with Crippen LogP contribution in [0.1, 0.15) is 19.8 Å². The zero-order valence-electron chi connectivity index (χ0n) is 19.0. The molecule has 0 bridgehead atoms. The van der Waals surface area contributed by atoms with E-state index in [1.807, 2.05) is 0 Å². The lowest BCUT2D eigenvalue weighted by molar-refractivity contribution is -0.169. The number of halogens is 3. The number of anilines is 1. The molecule has 186 valence electrons. The van der Waals surface area contributed by atoms with Gasteiger partial charge in [-0.15, -0.1) is 0 Å². The molecule has 2 saturated heterocycles. The molecule has 2 N–H and O–H groups in total. The number of alkyl halides is 3. The Labute approximate surface area is 198 Å². The van der Waals surface area contributed by atoms with Crippen LogP contribution in [0.5, 0.6) is 0 Å². The quantitative estimate of drug-likeness (QED) is 0.678. The maximum absolute atomic E-state index is 13.0. The van der Waals surface area contributed by atoms with Crippen molar-refractivity contribution < 1.29 is 22.8 Å². The van der Waals surface area contributed by atoms with Gasteiger partial charge in [0.1, 0.15) is 12.9 Å². The number of nitrogens with zero attached hydrogens (tertiary/aromatic N) is 6. The van der Waals surface area contributed by atoms with E-state index in [4.69, 9.17) is 0 Å². The summed E-state index contributed by atoms with van der Waals surface area (Å²) < 4.78 is 40.7. The van der Waals surface area contributed by atoms with Gasteiger partial charge in [0.15, 0.2) is 5.65 Å². The van der Waals surface area contributed by atoms with Crippen molar-refractivity contribution in [3.63, 3.8) is 0 Å². The highest BCUT2D eigenvalue weighted by molar-refractivity contribution is 5.87. The molecule has 35 heavy (non-hydrogen) atoms. The van der Waals surface area contributed by atoms with E-state index in [2.05, 4.69) is 30.6 Å². The largest absolute Gasteiger partial charge is 0.395 e. The maximum atomic E-state index is 13.0. The van der Waals surface area contributed by atoms with E-state index < -0.39 is 29.5 Å². The molecule has 5 rings (SSSR count). The Hall–Kier alpha value is -3.64. The third-order valence-electron chi connectivity index (χ3n) is 6.82. The summed E-state index contributed by atoms with van der Waals surface area (Å²) in [6, 6.07) is 1.44. The Bertz CT molecular complexity index is 1200. The molecule has 2 fully saturated rings. The van der Waals surface area contributed by atoms with Crippen molar-refractivity contribution in [2.24, 2.45) is 11.8 Å². The summed E-state index contributed by atoms with van der Waals surface area (Å²) in [4.78, 5) is 37.3. The monoisotopic (exact) mass is 490 g/mol. The average molecular weight is 490 g/mol. The van der Waals surface area contributed by atoms with Crippen molar-refractivity contribution >= 4 is 23.5 Å². The van der Waals surface area contributed by atoms with Crippen LogP contribution in [0.15, 0.2) is 42.5 Å². The lowest BCUT2D eigenvalue weighted by atomic mass is 9.88. The normalized spacial score (nSPS) is 24.1. The van der Waals surface area contributed by atoms with E-state index in [1.165, 1.54) is 30.3 Å². The minimum Gasteiger partial charge on any atom is -0.341 e. The molecule has 4 heterocycles. The highest BCUT2D eigenvalue weighted by Crippen LogP contribution is 2.36. The van der Waals surface area contributed by atoms with E-state index in [0.29, 0.717) is 49.8 Å². The Morgan fingerprint density at radius 3 is 2.77 bits per heavy atom. The van der Waals surface area contributed by atoms with Crippen LogP contribution in [0.3, 0.4) is 0 Å². The lowest BCUT2D eigenvalue weighted by Gasteiger charge is -2.39. The van der Waals surface area contributed by atoms with Crippen LogP contribution in [-0.4, -0.2) is 74.3 Å². The molecular formula is C22H25F3N8O2. The number of hydrogen-bond donors (Lipinski definition) is 2. The lowest BCUT2D eigenvalue weighted by Crippen LogP contribution is -2.53. The summed E-state index contributed by atoms with van der Waals surface area (Å²) in [6.07, 6.45) is 3.85. The van der Waals surface area contributed by atoms with E-state index in [1.54, 1.807) is 16.8 Å². The Morgan fingerprint density at radius 1 is 1.29 bits per heavy atom. The minimum atomic E-state index is -4.34. The number of carbonyl (C=O) groups excluding carboxylic acids is 2. The van der Waals surface area contributed by atoms with Crippen molar-refractivity contribution in [1.82, 2.24) is 35.1 Å². The molecule has 2 unspecified atom stereocenters. The van der Waals surface area contributed by atoms with Crippen molar-refractivity contribution in [2.45, 2.75) is 31.5 Å². The first-order valence-electron chi connectivity index (χ1n) is 11.4. The van der Waals surface area contributed by atoms with E-state index in [9.17, 15) is 22.8 Å². The fraction of sp³-hybridized carbons (Fsp3) is 0.500. The highest BCUT2D eigenvalue weighted by atomic mass is 19.4. The zero-order chi connectivity index (χ0) is 24.8. The summed E-state index contributed by atoms with van der Waals surface area (Å²) in [5.74, 6) is -2.14. The molecule has 2 aromatic rings. The van der Waals surface area contributed by atoms with Gasteiger partial charge in [0.25, 0.3) is 0 Å². The Morgan fingerprint density at radius 2 is 2.06 bits per heavy atom. The van der Waals surface area contributed by atoms with Crippen LogP contribution in [0.25, 0.3) is 5.65 Å². The van der Waals surface area contributed by atoms with Gasteiger partial charge in [-0.2, -0.15) is 22.8 Å². The summed E-state index contributed by atoms with van der Waals surface area (Å²) in [5, 5.41) is 9.87. The third-order valence-corrected chi connectivity index (χ3v) is 6.82. The van der Waals surface area contributed by atoms with Crippen LogP contribution < -0.4 is 15.5 Å². The van der Waals surface area contributed by atoms with Gasteiger partial charge in [-0.05, 0) is 24.8 Å². The summed E-state index contributed by atoms with van der Waals surface area (Å²) in [7, 11) is 0. The number of amides is 3. The van der Waals surface area contributed by atoms with Gasteiger partial charge in [0, 0.05) is 37.6 Å². The topological polar surface area (TPSA) is 108 Å². The zero-order valence-corrected chi connectivity index (χ0v) is 19.0. The number of urea groups is 1. The van der Waals surface area contributed by atoms with Crippen molar-refractivity contribution in [3.05, 3.63) is 42.5 Å². The van der Waals surface area contributed by atoms with Gasteiger partial charge in [0.2, 0.25) is 11.9 Å². The Kier molecular flexibility index (Phi) is 5.64. The van der Waals surface area contributed by atoms with Crippen LogP contribution in [0.2, 0.25) is 0 Å². The number of allylic oxidation sites excluding steroid dienone is 3. The average Bonchev–Trinajstić information content (AvgIpc) is 3.38. The molecule has 1 spiro atoms. The number of carbonyl (C=O) groups is 2. The molecule has 1 aliphatic carbocycles. The molecule has 13 heteroatoms. The molecule has 0 saturated carbocycles. The maximum Gasteiger partial charge on any atom is 0.395 e. The first-order chi connectivity index (χ1) is 16.6. The second-order valence-electron chi connectivity index (χ2n) is 9.28. The van der Waals surface area contributed by atoms with Crippen LogP contribution in [0.4, 0.5) is 23.9 Å². The Balaban J connectivity index is 1.17. The van der Waals surface area contributed by atoms with Crippen molar-refractivity contribution in [1.29, 1.82) is 0 Å². The molecule has 0 radical (unpaired) electrons. The molecule has 2 aromatic heterocycles. The molecule has 3 amide bonds. The SMILES string of the molecule is CC1C=C(NC(=O)CN2CC3(CCN(c4nccc5ncnn45)CC3)NC2=O)C=CC1C(F)(F)F. The molecule has 0 aromatic carbocycles. The molecular weight excluding hydrogens is 465 g/mol. The first-order valence-corrected chi connectivity index (χ1v) is 11.4. The number of fused-ring (bicyclic) bond motifs is 1. The third kappa shape index (κ3) is 4.54. The standard InChI is InChI=1S/C22H25F3N8O2/c1-14-10-15(2-3-16(14)22(23,24)25)29-18(34)11-32-12-21(30-20(32)35)5-8-31(9-6-21)19-26-7-4-17-27-13-28-33(17)19/h2-4,7,10,13-14,16H,5-6,8-9,11-12H2,1H3,(H,29,34)(H,30,35). The summed E-state index contributed by atoms with van der Waals surface area (Å²) >= 11 is 0. The molecule has 10 nitrogen and oxygen atoms in total. The molecule has 3 aliphatic rings. The fourth-order valence-electron chi connectivity index (χ4n) is 4.98.